The van der Waals surface area contributed by atoms with Crippen LogP contribution in [0.5, 0.6) is 0 Å². The third-order valence-electron chi connectivity index (χ3n) is 11.2. The molecule has 0 radical (unpaired) electrons. The largest absolute Gasteiger partial charge is 0.384 e. The topological polar surface area (TPSA) is 245 Å². The van der Waals surface area contributed by atoms with Crippen molar-refractivity contribution in [1.29, 1.82) is 0 Å². The molecule has 2 saturated heterocycles. The number of carbonyl (C=O) groups excluding carboxylic acids is 5. The lowest BCUT2D eigenvalue weighted by atomic mass is 9.84. The molecule has 4 amide bonds. The number of nitrogens with zero attached hydrogens (tertiary/aromatic N) is 4. The number of rotatable bonds is 14. The Balaban J connectivity index is 1.30. The zero-order valence-corrected chi connectivity index (χ0v) is 32.2. The molecular weight excluding hydrogens is 733 g/mol. The summed E-state index contributed by atoms with van der Waals surface area (Å²) >= 11 is 0. The summed E-state index contributed by atoms with van der Waals surface area (Å²) in [7, 11) is -3.75. The van der Waals surface area contributed by atoms with Crippen molar-refractivity contribution in [2.24, 2.45) is 11.7 Å². The molecule has 55 heavy (non-hydrogen) atoms. The molecule has 4 fully saturated rings. The van der Waals surface area contributed by atoms with Crippen molar-refractivity contribution in [2.45, 2.75) is 131 Å². The first-order valence-electron chi connectivity index (χ1n) is 19.2. The molecule has 0 unspecified atom stereocenters. The molecule has 2 aliphatic heterocycles. The van der Waals surface area contributed by atoms with Crippen molar-refractivity contribution in [3.8, 4) is 0 Å². The zero-order valence-electron chi connectivity index (χ0n) is 31.4. The van der Waals surface area contributed by atoms with Gasteiger partial charge < -0.3 is 31.1 Å². The maximum Gasteiger partial charge on any atom is 0.287 e. The lowest BCUT2D eigenvalue weighted by Crippen LogP contribution is -2.62. The van der Waals surface area contributed by atoms with Gasteiger partial charge in [0, 0.05) is 44.2 Å². The number of ether oxygens (including phenoxy) is 1. The zero-order chi connectivity index (χ0) is 39.5. The third kappa shape index (κ3) is 9.41. The number of nitrogens with one attached hydrogen (secondary N) is 3. The van der Waals surface area contributed by atoms with E-state index in [4.69, 9.17) is 10.5 Å². The molecule has 3 heterocycles. The molecule has 1 aromatic heterocycles. The van der Waals surface area contributed by atoms with Crippen molar-refractivity contribution >= 4 is 39.4 Å². The van der Waals surface area contributed by atoms with Gasteiger partial charge in [0.25, 0.3) is 11.8 Å². The maximum absolute atomic E-state index is 14.8. The predicted molar refractivity (Wildman–Crippen MR) is 196 cm³/mol. The van der Waals surface area contributed by atoms with Crippen LogP contribution in [-0.4, -0.2) is 106 Å². The van der Waals surface area contributed by atoms with Gasteiger partial charge in [0.15, 0.2) is 0 Å². The molecule has 300 valence electrons. The van der Waals surface area contributed by atoms with E-state index in [1.807, 2.05) is 0 Å². The number of primary amides is 1. The predicted octanol–water partition coefficient (Wildman–Crippen LogP) is 0.967. The number of amides is 4. The minimum atomic E-state index is -3.75. The molecule has 4 aliphatic rings. The van der Waals surface area contributed by atoms with Gasteiger partial charge in [0.2, 0.25) is 27.6 Å². The van der Waals surface area contributed by atoms with E-state index in [1.54, 1.807) is 13.8 Å². The van der Waals surface area contributed by atoms with E-state index in [9.17, 15) is 37.5 Å². The van der Waals surface area contributed by atoms with Gasteiger partial charge >= 0.3 is 0 Å². The third-order valence-corrected chi connectivity index (χ3v) is 12.8. The van der Waals surface area contributed by atoms with Gasteiger partial charge in [0.05, 0.1) is 22.8 Å². The first-order valence-corrected chi connectivity index (χ1v) is 20.7. The Morgan fingerprint density at radius 1 is 1.02 bits per heavy atom. The summed E-state index contributed by atoms with van der Waals surface area (Å²) in [4.78, 5) is 70.0. The fraction of sp³-hybridized carbons (Fsp3) is 0.649. The van der Waals surface area contributed by atoms with E-state index in [0.717, 1.165) is 44.9 Å². The normalized spacial score (nSPS) is 24.5. The number of hydrogen-bond donors (Lipinski definition) is 5. The van der Waals surface area contributed by atoms with Crippen LogP contribution in [0.2, 0.25) is 0 Å². The molecule has 2 saturated carbocycles. The number of aromatic nitrogens is 3. The molecule has 1 aromatic carbocycles. The summed E-state index contributed by atoms with van der Waals surface area (Å²) in [5.41, 5.74) is 2.97. The van der Waals surface area contributed by atoms with Gasteiger partial charge in [-0.25, -0.2) is 17.8 Å². The summed E-state index contributed by atoms with van der Waals surface area (Å²) < 4.78 is 35.1. The van der Waals surface area contributed by atoms with Gasteiger partial charge in [-0.15, -0.1) is 5.10 Å². The van der Waals surface area contributed by atoms with Crippen LogP contribution in [0, 0.1) is 5.92 Å². The van der Waals surface area contributed by atoms with E-state index >= 15 is 0 Å². The number of sulfonamides is 1. The lowest BCUT2D eigenvalue weighted by molar-refractivity contribution is -0.145. The molecule has 17 nitrogen and oxygen atoms in total. The van der Waals surface area contributed by atoms with Crippen LogP contribution < -0.4 is 21.1 Å². The highest BCUT2D eigenvalue weighted by Gasteiger charge is 2.49. The second kappa shape index (κ2) is 16.5. The number of carbonyl (C=O) groups is 5. The highest BCUT2D eigenvalue weighted by Crippen LogP contribution is 2.34. The van der Waals surface area contributed by atoms with Gasteiger partial charge in [-0.1, -0.05) is 37.3 Å². The summed E-state index contributed by atoms with van der Waals surface area (Å²) in [6.07, 6.45) is 8.53. The van der Waals surface area contributed by atoms with E-state index in [2.05, 4.69) is 25.7 Å². The van der Waals surface area contributed by atoms with Crippen LogP contribution in [0.15, 0.2) is 35.4 Å². The van der Waals surface area contributed by atoms with Crippen molar-refractivity contribution in [1.82, 2.24) is 35.2 Å². The minimum Gasteiger partial charge on any atom is -0.384 e. The monoisotopic (exact) mass is 784 g/mol. The van der Waals surface area contributed by atoms with Crippen molar-refractivity contribution < 1.29 is 42.2 Å². The summed E-state index contributed by atoms with van der Waals surface area (Å²) in [6, 6.07) is 2.54. The molecular formula is C37H52N8O9S. The molecule has 2 aliphatic carbocycles. The molecule has 18 heteroatoms. The summed E-state index contributed by atoms with van der Waals surface area (Å²) in [5.74, 6) is -3.83. The quantitative estimate of drug-likeness (QED) is 0.169. The first kappa shape index (κ1) is 40.4. The van der Waals surface area contributed by atoms with Crippen molar-refractivity contribution in [2.75, 3.05) is 19.8 Å². The average Bonchev–Trinajstić information content (AvgIpc) is 3.68. The summed E-state index contributed by atoms with van der Waals surface area (Å²) in [6.45, 7) is 3.52. The number of hydrogen-bond acceptors (Lipinski definition) is 11. The number of aliphatic hydroxyl groups is 1. The molecule has 6 N–H and O–H groups in total. The highest BCUT2D eigenvalue weighted by molar-refractivity contribution is 7.89. The second-order valence-corrected chi connectivity index (χ2v) is 17.6. The molecule has 4 atom stereocenters. The Morgan fingerprint density at radius 3 is 2.38 bits per heavy atom. The Bertz CT molecular complexity index is 1860. The van der Waals surface area contributed by atoms with Gasteiger partial charge in [0.1, 0.15) is 23.2 Å². The smallest absolute Gasteiger partial charge is 0.287 e. The van der Waals surface area contributed by atoms with E-state index in [0.29, 0.717) is 25.1 Å². The number of ketones is 1. The SMILES string of the molecule is CC(C)(O)c1cnnn1[C@H]1C[C@@H](C(=O)N[C@]2(C(=O)C(N)=O)CCCOCC2)N(C(=O)[C@@H](CC2CCCCC2)NC(=O)c2ccc(S(=O)(=O)NC3CC3)cc2)C1. The second-order valence-electron chi connectivity index (χ2n) is 15.9. The maximum atomic E-state index is 14.8. The number of likely N-dealkylation sites (tertiary alicyclic amines) is 1. The van der Waals surface area contributed by atoms with E-state index in [1.165, 1.54) is 40.0 Å². The fourth-order valence-electron chi connectivity index (χ4n) is 8.04. The molecule has 2 aromatic rings. The van der Waals surface area contributed by atoms with Crippen LogP contribution in [0.1, 0.15) is 113 Å². The lowest BCUT2D eigenvalue weighted by Gasteiger charge is -2.35. The number of Topliss-reactive ketones (excluding diaryl/α,β-unsaturated/α-hetero) is 1. The Hall–Kier alpha value is -4.26. The minimum absolute atomic E-state index is 0.00757. The van der Waals surface area contributed by atoms with Gasteiger partial charge in [-0.3, -0.25) is 24.0 Å². The van der Waals surface area contributed by atoms with Crippen LogP contribution in [0.3, 0.4) is 0 Å². The average molecular weight is 785 g/mol. The van der Waals surface area contributed by atoms with Gasteiger partial charge in [-0.05, 0) is 76.1 Å². The Kier molecular flexibility index (Phi) is 12.1. The van der Waals surface area contributed by atoms with Crippen molar-refractivity contribution in [3.63, 3.8) is 0 Å². The standard InChI is InChI=1S/C37H52N8O9S/c1-36(2,51)30-21-39-43-45(30)26-20-29(34(49)41-37(31(46)32(38)47)15-6-17-54-18-16-37)44(22-26)35(50)28(19-23-7-4-3-5-8-23)40-33(48)24-9-13-27(14-10-24)55(52,53)42-25-11-12-25/h9-10,13-14,21,23,25-26,28-29,42,51H,3-8,11-12,15-20,22H2,1-2H3,(H2,38,47)(H,40,48)(H,41,49)/t26-,28+,29-,37+/m0/s1. The van der Waals surface area contributed by atoms with E-state index < -0.39 is 68.7 Å². The van der Waals surface area contributed by atoms with E-state index in [-0.39, 0.29) is 54.8 Å². The van der Waals surface area contributed by atoms with Crippen LogP contribution in [-0.2, 0) is 39.5 Å². The highest BCUT2D eigenvalue weighted by atomic mass is 32.2. The van der Waals surface area contributed by atoms with Crippen LogP contribution in [0.4, 0.5) is 0 Å². The Labute approximate surface area is 320 Å². The molecule has 0 bridgehead atoms. The summed E-state index contributed by atoms with van der Waals surface area (Å²) in [5, 5.41) is 24.8. The van der Waals surface area contributed by atoms with Crippen molar-refractivity contribution in [3.05, 3.63) is 41.7 Å². The van der Waals surface area contributed by atoms with Crippen LogP contribution >= 0.6 is 0 Å². The van der Waals surface area contributed by atoms with Gasteiger partial charge in [-0.2, -0.15) is 0 Å². The number of benzene rings is 1. The van der Waals surface area contributed by atoms with Crippen LogP contribution in [0.25, 0.3) is 0 Å². The Morgan fingerprint density at radius 2 is 1.73 bits per heavy atom. The fourth-order valence-corrected chi connectivity index (χ4v) is 9.35. The first-order chi connectivity index (χ1) is 26.1. The molecule has 6 rings (SSSR count). The number of nitrogens with two attached hydrogens (primary N) is 1. The molecule has 0 spiro atoms.